The van der Waals surface area contributed by atoms with Crippen molar-refractivity contribution in [3.63, 3.8) is 0 Å². The average molecular weight is 672 g/mol. The van der Waals surface area contributed by atoms with Crippen LogP contribution < -0.4 is 26.6 Å². The van der Waals surface area contributed by atoms with E-state index in [0.29, 0.717) is 6.54 Å². The van der Waals surface area contributed by atoms with Crippen molar-refractivity contribution in [1.82, 2.24) is 36.4 Å². The van der Waals surface area contributed by atoms with Crippen LogP contribution in [0.25, 0.3) is 0 Å². The van der Waals surface area contributed by atoms with Crippen molar-refractivity contribution < 1.29 is 33.6 Å². The summed E-state index contributed by atoms with van der Waals surface area (Å²) in [6.07, 6.45) is 5.96. The molecular formula is C34H53N7O7. The fraction of sp³-hybridized carbons (Fsp3) is 0.735. The lowest BCUT2D eigenvalue weighted by Crippen LogP contribution is -2.62. The minimum atomic E-state index is -1.06. The number of nitrogens with zero attached hydrogens (tertiary/aromatic N) is 2. The number of rotatable bonds is 13. The molecule has 0 aromatic rings. The van der Waals surface area contributed by atoms with Crippen LogP contribution in [0.5, 0.6) is 0 Å². The van der Waals surface area contributed by atoms with E-state index in [9.17, 15) is 33.6 Å². The molecule has 2 heterocycles. The number of ketones is 1. The normalized spacial score (nSPS) is 25.2. The van der Waals surface area contributed by atoms with Crippen LogP contribution in [0.15, 0.2) is 12.7 Å². The highest BCUT2D eigenvalue weighted by Crippen LogP contribution is 2.65. The SMILES string of the molecule is C=CCNC(=O)C(=O)C(CC)NC(=O)[C@@H]1[C@@H]2[C@H](CN1C(=O)[C@@H](NC(=O)N[C@H](CN1C(=O)CNC1=O)C(C)(C)C)C1CCCCC1)C2(C)C. The fourth-order valence-electron chi connectivity index (χ4n) is 7.56. The zero-order valence-corrected chi connectivity index (χ0v) is 29.1. The van der Waals surface area contributed by atoms with Gasteiger partial charge in [0.25, 0.3) is 5.91 Å². The van der Waals surface area contributed by atoms with Gasteiger partial charge in [0.15, 0.2) is 0 Å². The molecule has 2 saturated heterocycles. The highest BCUT2D eigenvalue weighted by atomic mass is 16.2. The number of hydrogen-bond acceptors (Lipinski definition) is 7. The number of piperidine rings is 1. The van der Waals surface area contributed by atoms with Crippen molar-refractivity contribution >= 4 is 41.5 Å². The Morgan fingerprint density at radius 3 is 2.27 bits per heavy atom. The standard InChI is InChI=1S/C34H53N7O7/c1-8-15-35-29(45)27(43)21(9-2)37-28(44)26-24-20(34(24,6)7)17-41(26)30(46)25(19-13-11-10-12-14-19)39-31(47)38-22(33(3,4)5)18-40-23(42)16-36-32(40)48/h8,19-22,24-26H,1,9-18H2,2-7H3,(H,35,45)(H,36,48)(H,37,44)(H2,38,39,47)/t20-,21?,22+,24-,25-,26-/m0/s1. The molecule has 0 aromatic carbocycles. The van der Waals surface area contributed by atoms with E-state index in [1.165, 1.54) is 6.08 Å². The number of urea groups is 2. The van der Waals surface area contributed by atoms with Crippen LogP contribution in [0, 0.1) is 28.6 Å². The number of hydrogen-bond donors (Lipinski definition) is 5. The van der Waals surface area contributed by atoms with Crippen LogP contribution in [0.2, 0.25) is 0 Å². The van der Waals surface area contributed by atoms with Gasteiger partial charge < -0.3 is 31.5 Å². The molecule has 14 nitrogen and oxygen atoms in total. The molecule has 1 unspecified atom stereocenters. The van der Waals surface area contributed by atoms with E-state index in [4.69, 9.17) is 0 Å². The van der Waals surface area contributed by atoms with E-state index in [0.717, 1.165) is 37.0 Å². The molecular weight excluding hydrogens is 618 g/mol. The third-order valence-electron chi connectivity index (χ3n) is 10.8. The zero-order valence-electron chi connectivity index (χ0n) is 29.1. The molecule has 6 atom stereocenters. The second kappa shape index (κ2) is 14.7. The van der Waals surface area contributed by atoms with E-state index in [-0.39, 0.29) is 61.0 Å². The minimum absolute atomic E-state index is 0.0284. The second-order valence-electron chi connectivity index (χ2n) is 15.3. The molecule has 8 amide bonds. The summed E-state index contributed by atoms with van der Waals surface area (Å²) in [5.41, 5.74) is -0.734. The van der Waals surface area contributed by atoms with Gasteiger partial charge >= 0.3 is 12.1 Å². The van der Waals surface area contributed by atoms with Crippen molar-refractivity contribution in [3.05, 3.63) is 12.7 Å². The number of Topliss-reactive ketones (excluding diaryl/α,β-unsaturated/α-hetero) is 1. The monoisotopic (exact) mass is 671 g/mol. The highest BCUT2D eigenvalue weighted by molar-refractivity contribution is 6.38. The van der Waals surface area contributed by atoms with Crippen LogP contribution in [0.1, 0.15) is 80.1 Å². The Morgan fingerprint density at radius 1 is 1.04 bits per heavy atom. The van der Waals surface area contributed by atoms with Gasteiger partial charge in [-0.1, -0.05) is 66.9 Å². The molecule has 2 aliphatic carbocycles. The summed E-state index contributed by atoms with van der Waals surface area (Å²) in [4.78, 5) is 94.5. The Hall–Kier alpha value is -3.97. The predicted molar refractivity (Wildman–Crippen MR) is 177 cm³/mol. The summed E-state index contributed by atoms with van der Waals surface area (Å²) in [7, 11) is 0. The summed E-state index contributed by atoms with van der Waals surface area (Å²) in [5, 5.41) is 13.6. The molecule has 4 aliphatic rings. The number of likely N-dealkylation sites (tertiary alicyclic amines) is 1. The topological polar surface area (TPSA) is 186 Å². The number of carbonyl (C=O) groups is 7. The lowest BCUT2D eigenvalue weighted by Gasteiger charge is -2.38. The average Bonchev–Trinajstić information content (AvgIpc) is 3.31. The number of amides is 8. The van der Waals surface area contributed by atoms with E-state index in [1.54, 1.807) is 11.8 Å². The van der Waals surface area contributed by atoms with E-state index < -0.39 is 59.2 Å². The first-order valence-corrected chi connectivity index (χ1v) is 17.2. The van der Waals surface area contributed by atoms with E-state index in [1.807, 2.05) is 20.8 Å². The molecule has 0 radical (unpaired) electrons. The Bertz CT molecular complexity index is 1300. The third kappa shape index (κ3) is 7.84. The van der Waals surface area contributed by atoms with Gasteiger partial charge in [-0.2, -0.15) is 0 Å². The van der Waals surface area contributed by atoms with Gasteiger partial charge in [-0.15, -0.1) is 6.58 Å². The third-order valence-corrected chi connectivity index (χ3v) is 10.8. The molecule has 4 fully saturated rings. The van der Waals surface area contributed by atoms with Crippen LogP contribution in [-0.4, -0.2) is 102 Å². The number of imide groups is 1. The Kier molecular flexibility index (Phi) is 11.3. The molecule has 4 rings (SSSR count). The lowest BCUT2D eigenvalue weighted by atomic mass is 9.83. The van der Waals surface area contributed by atoms with Crippen LogP contribution in [0.3, 0.4) is 0 Å². The van der Waals surface area contributed by atoms with Crippen LogP contribution >= 0.6 is 0 Å². The van der Waals surface area contributed by atoms with Crippen molar-refractivity contribution in [1.29, 1.82) is 0 Å². The predicted octanol–water partition coefficient (Wildman–Crippen LogP) is 1.45. The molecule has 48 heavy (non-hydrogen) atoms. The van der Waals surface area contributed by atoms with Crippen molar-refractivity contribution in [2.24, 2.45) is 28.6 Å². The molecule has 2 saturated carbocycles. The first-order chi connectivity index (χ1) is 22.5. The fourth-order valence-corrected chi connectivity index (χ4v) is 7.56. The summed E-state index contributed by atoms with van der Waals surface area (Å²) >= 11 is 0. The first kappa shape index (κ1) is 36.9. The van der Waals surface area contributed by atoms with Gasteiger partial charge in [-0.05, 0) is 47.8 Å². The number of fused-ring (bicyclic) bond motifs is 1. The second-order valence-corrected chi connectivity index (χ2v) is 15.3. The van der Waals surface area contributed by atoms with Crippen LogP contribution in [0.4, 0.5) is 9.59 Å². The largest absolute Gasteiger partial charge is 0.346 e. The highest BCUT2D eigenvalue weighted by Gasteiger charge is 2.69. The Labute approximate surface area is 282 Å². The van der Waals surface area contributed by atoms with Crippen LogP contribution in [-0.2, 0) is 24.0 Å². The van der Waals surface area contributed by atoms with Crippen molar-refractivity contribution in [2.75, 3.05) is 26.2 Å². The smallest absolute Gasteiger partial charge is 0.324 e. The van der Waals surface area contributed by atoms with Gasteiger partial charge in [-0.3, -0.25) is 28.9 Å². The van der Waals surface area contributed by atoms with Crippen molar-refractivity contribution in [3.8, 4) is 0 Å². The summed E-state index contributed by atoms with van der Waals surface area (Å²) in [6, 6.07) is -4.56. The molecule has 2 aliphatic heterocycles. The number of nitrogens with one attached hydrogen (secondary N) is 5. The van der Waals surface area contributed by atoms with Crippen molar-refractivity contribution in [2.45, 2.75) is 104 Å². The summed E-state index contributed by atoms with van der Waals surface area (Å²) in [5.74, 6) is -3.04. The zero-order chi connectivity index (χ0) is 35.6. The van der Waals surface area contributed by atoms with Gasteiger partial charge in [-0.25, -0.2) is 9.59 Å². The Balaban J connectivity index is 1.54. The molecule has 0 bridgehead atoms. The first-order valence-electron chi connectivity index (χ1n) is 17.2. The lowest BCUT2D eigenvalue weighted by molar-refractivity contribution is -0.144. The van der Waals surface area contributed by atoms with Gasteiger partial charge in [0.05, 0.1) is 25.2 Å². The molecule has 5 N–H and O–H groups in total. The van der Waals surface area contributed by atoms with Gasteiger partial charge in [0.2, 0.25) is 23.5 Å². The summed E-state index contributed by atoms with van der Waals surface area (Å²) < 4.78 is 0. The maximum absolute atomic E-state index is 14.5. The Morgan fingerprint density at radius 2 is 1.71 bits per heavy atom. The maximum Gasteiger partial charge on any atom is 0.324 e. The van der Waals surface area contributed by atoms with E-state index in [2.05, 4.69) is 47.0 Å². The molecule has 266 valence electrons. The quantitative estimate of drug-likeness (QED) is 0.111. The number of carbonyl (C=O) groups excluding carboxylic acids is 7. The molecule has 0 spiro atoms. The van der Waals surface area contributed by atoms with E-state index >= 15 is 0 Å². The maximum atomic E-state index is 14.5. The summed E-state index contributed by atoms with van der Waals surface area (Å²) in [6.45, 7) is 15.3. The molecule has 0 aromatic heterocycles. The van der Waals surface area contributed by atoms with Gasteiger partial charge in [0, 0.05) is 13.1 Å². The van der Waals surface area contributed by atoms with Gasteiger partial charge in [0.1, 0.15) is 12.1 Å². The minimum Gasteiger partial charge on any atom is -0.346 e. The molecule has 14 heteroatoms.